The molecule has 5 rings (SSSR count). The number of thioether (sulfide) groups is 1. The summed E-state index contributed by atoms with van der Waals surface area (Å²) in [7, 11) is 0. The quantitative estimate of drug-likeness (QED) is 0.425. The van der Waals surface area contributed by atoms with Crippen molar-refractivity contribution in [2.24, 2.45) is 0 Å². The maximum Gasteiger partial charge on any atom is 0.263 e. The number of thiophene rings is 1. The molecule has 0 saturated heterocycles. The zero-order chi connectivity index (χ0) is 19.3. The Kier molecular flexibility index (Phi) is 4.83. The van der Waals surface area contributed by atoms with Crippen LogP contribution in [0.5, 0.6) is 0 Å². The van der Waals surface area contributed by atoms with Crippen LogP contribution in [0, 0.1) is 13.8 Å². The molecule has 0 bridgehead atoms. The Hall–Kier alpha value is -1.60. The molecule has 148 valence electrons. The summed E-state index contributed by atoms with van der Waals surface area (Å²) < 4.78 is 7.34. The van der Waals surface area contributed by atoms with Gasteiger partial charge in [0.25, 0.3) is 5.56 Å². The summed E-state index contributed by atoms with van der Waals surface area (Å²) in [6.45, 7) is 3.92. The summed E-state index contributed by atoms with van der Waals surface area (Å²) in [4.78, 5) is 21.0. The van der Waals surface area contributed by atoms with E-state index in [4.69, 9.17) is 9.51 Å². The lowest BCUT2D eigenvalue weighted by Gasteiger charge is -2.18. The predicted octanol–water partition coefficient (Wildman–Crippen LogP) is 5.35. The second kappa shape index (κ2) is 7.34. The standard InChI is InChI=1S/C21H25N3O2S2/c1-12-16(13(2)26-23-12)11-27-21-22-19-18(15-9-5-6-10-17(15)28-19)20(25)24(21)14-7-3-4-8-14/h14H,3-11H2,1-2H3. The van der Waals surface area contributed by atoms with E-state index in [0.717, 1.165) is 63.8 Å². The number of rotatable bonds is 4. The molecule has 0 aromatic carbocycles. The van der Waals surface area contributed by atoms with Gasteiger partial charge in [-0.15, -0.1) is 11.3 Å². The van der Waals surface area contributed by atoms with E-state index in [-0.39, 0.29) is 11.6 Å². The van der Waals surface area contributed by atoms with Crippen LogP contribution < -0.4 is 5.56 Å². The summed E-state index contributed by atoms with van der Waals surface area (Å²) in [5, 5.41) is 5.84. The van der Waals surface area contributed by atoms with Crippen molar-refractivity contribution in [3.63, 3.8) is 0 Å². The van der Waals surface area contributed by atoms with Crippen molar-refractivity contribution in [2.45, 2.75) is 82.2 Å². The average molecular weight is 416 g/mol. The lowest BCUT2D eigenvalue weighted by molar-refractivity contribution is 0.392. The molecule has 2 aliphatic carbocycles. The van der Waals surface area contributed by atoms with Crippen LogP contribution in [0.25, 0.3) is 10.2 Å². The van der Waals surface area contributed by atoms with Crippen LogP contribution in [0.4, 0.5) is 0 Å². The molecule has 1 saturated carbocycles. The van der Waals surface area contributed by atoms with Gasteiger partial charge in [0.15, 0.2) is 5.16 Å². The number of aromatic nitrogens is 3. The minimum Gasteiger partial charge on any atom is -0.361 e. The van der Waals surface area contributed by atoms with Gasteiger partial charge in [0, 0.05) is 22.2 Å². The molecule has 3 aromatic heterocycles. The zero-order valence-corrected chi connectivity index (χ0v) is 18.0. The van der Waals surface area contributed by atoms with Crippen LogP contribution in [-0.2, 0) is 18.6 Å². The largest absolute Gasteiger partial charge is 0.361 e. The molecular weight excluding hydrogens is 390 g/mol. The maximum absolute atomic E-state index is 13.7. The highest BCUT2D eigenvalue weighted by Crippen LogP contribution is 2.38. The van der Waals surface area contributed by atoms with Crippen molar-refractivity contribution in [3.05, 3.63) is 37.8 Å². The van der Waals surface area contributed by atoms with E-state index < -0.39 is 0 Å². The van der Waals surface area contributed by atoms with Gasteiger partial charge in [-0.3, -0.25) is 9.36 Å². The maximum atomic E-state index is 13.7. The molecule has 0 radical (unpaired) electrons. The number of fused-ring (bicyclic) bond motifs is 3. The van der Waals surface area contributed by atoms with E-state index in [0.29, 0.717) is 0 Å². The highest BCUT2D eigenvalue weighted by Gasteiger charge is 2.27. The van der Waals surface area contributed by atoms with Gasteiger partial charge in [-0.05, 0) is 57.9 Å². The molecule has 0 amide bonds. The number of aryl methyl sites for hydroxylation is 4. The van der Waals surface area contributed by atoms with E-state index in [2.05, 4.69) is 5.16 Å². The Morgan fingerprint density at radius 3 is 2.71 bits per heavy atom. The minimum absolute atomic E-state index is 0.192. The Balaban J connectivity index is 1.62. The second-order valence-corrected chi connectivity index (χ2v) is 10.0. The second-order valence-electron chi connectivity index (χ2n) is 7.99. The summed E-state index contributed by atoms with van der Waals surface area (Å²) >= 11 is 3.39. The third kappa shape index (κ3) is 3.03. The third-order valence-electron chi connectivity index (χ3n) is 6.21. The number of nitrogens with zero attached hydrogens (tertiary/aromatic N) is 3. The fourth-order valence-electron chi connectivity index (χ4n) is 4.63. The Labute approximate surface area is 172 Å². The Bertz CT molecular complexity index is 1070. The molecular formula is C21H25N3O2S2. The van der Waals surface area contributed by atoms with E-state index >= 15 is 0 Å². The zero-order valence-electron chi connectivity index (χ0n) is 16.4. The monoisotopic (exact) mass is 415 g/mol. The normalized spacial score (nSPS) is 17.5. The van der Waals surface area contributed by atoms with Crippen molar-refractivity contribution in [3.8, 4) is 0 Å². The van der Waals surface area contributed by atoms with Crippen molar-refractivity contribution < 1.29 is 4.52 Å². The molecule has 0 atom stereocenters. The van der Waals surface area contributed by atoms with Crippen molar-refractivity contribution in [1.29, 1.82) is 0 Å². The van der Waals surface area contributed by atoms with Crippen LogP contribution in [0.2, 0.25) is 0 Å². The van der Waals surface area contributed by atoms with Gasteiger partial charge in [0.1, 0.15) is 10.6 Å². The summed E-state index contributed by atoms with van der Waals surface area (Å²) in [5.41, 5.74) is 3.52. The fourth-order valence-corrected chi connectivity index (χ4v) is 7.15. The molecule has 0 aliphatic heterocycles. The summed E-state index contributed by atoms with van der Waals surface area (Å²) in [6.07, 6.45) is 9.10. The molecule has 0 spiro atoms. The van der Waals surface area contributed by atoms with Gasteiger partial charge in [-0.2, -0.15) is 0 Å². The lowest BCUT2D eigenvalue weighted by Crippen LogP contribution is -2.26. The van der Waals surface area contributed by atoms with Gasteiger partial charge in [0.05, 0.1) is 11.1 Å². The molecule has 7 heteroatoms. The first-order valence-corrected chi connectivity index (χ1v) is 12.0. The Morgan fingerprint density at radius 2 is 1.96 bits per heavy atom. The van der Waals surface area contributed by atoms with Crippen molar-refractivity contribution in [2.75, 3.05) is 0 Å². The van der Waals surface area contributed by atoms with Gasteiger partial charge >= 0.3 is 0 Å². The van der Waals surface area contributed by atoms with E-state index in [1.54, 1.807) is 23.1 Å². The lowest BCUT2D eigenvalue weighted by atomic mass is 9.97. The van der Waals surface area contributed by atoms with Gasteiger partial charge in [-0.1, -0.05) is 29.8 Å². The highest BCUT2D eigenvalue weighted by molar-refractivity contribution is 7.98. The number of hydrogen-bond donors (Lipinski definition) is 0. The first-order valence-electron chi connectivity index (χ1n) is 10.2. The van der Waals surface area contributed by atoms with Crippen molar-refractivity contribution in [1.82, 2.24) is 14.7 Å². The average Bonchev–Trinajstić information content (AvgIpc) is 3.40. The highest BCUT2D eigenvalue weighted by atomic mass is 32.2. The van der Waals surface area contributed by atoms with Crippen LogP contribution in [-0.4, -0.2) is 14.7 Å². The molecule has 5 nitrogen and oxygen atoms in total. The first-order chi connectivity index (χ1) is 13.6. The molecule has 1 fully saturated rings. The van der Waals surface area contributed by atoms with Gasteiger partial charge in [-0.25, -0.2) is 4.98 Å². The summed E-state index contributed by atoms with van der Waals surface area (Å²) in [5.74, 6) is 1.59. The van der Waals surface area contributed by atoms with Crippen molar-refractivity contribution >= 4 is 33.3 Å². The van der Waals surface area contributed by atoms with E-state index in [1.807, 2.05) is 18.4 Å². The molecule has 2 aliphatic rings. The van der Waals surface area contributed by atoms with E-state index in [1.165, 1.54) is 36.1 Å². The smallest absolute Gasteiger partial charge is 0.263 e. The SMILES string of the molecule is Cc1noc(C)c1CSc1nc2sc3c(c2c(=O)n1C1CCCC1)CCCC3. The van der Waals surface area contributed by atoms with Crippen LogP contribution in [0.15, 0.2) is 14.5 Å². The molecule has 3 aromatic rings. The summed E-state index contributed by atoms with van der Waals surface area (Å²) in [6, 6.07) is 0.288. The Morgan fingerprint density at radius 1 is 1.18 bits per heavy atom. The minimum atomic E-state index is 0.192. The number of hydrogen-bond acceptors (Lipinski definition) is 6. The van der Waals surface area contributed by atoms with Crippen LogP contribution in [0.1, 0.15) is 72.0 Å². The van der Waals surface area contributed by atoms with Crippen LogP contribution >= 0.6 is 23.1 Å². The topological polar surface area (TPSA) is 60.9 Å². The van der Waals surface area contributed by atoms with Crippen LogP contribution in [0.3, 0.4) is 0 Å². The molecule has 3 heterocycles. The molecule has 0 unspecified atom stereocenters. The third-order valence-corrected chi connectivity index (χ3v) is 8.37. The predicted molar refractivity (Wildman–Crippen MR) is 114 cm³/mol. The fraction of sp³-hybridized carbons (Fsp3) is 0.571. The molecule has 0 N–H and O–H groups in total. The molecule has 28 heavy (non-hydrogen) atoms. The van der Waals surface area contributed by atoms with Gasteiger partial charge < -0.3 is 4.52 Å². The van der Waals surface area contributed by atoms with Gasteiger partial charge in [0.2, 0.25) is 0 Å². The first kappa shape index (κ1) is 18.4. The van der Waals surface area contributed by atoms with E-state index in [9.17, 15) is 4.79 Å².